The lowest BCUT2D eigenvalue weighted by Crippen LogP contribution is -2.29. The first-order valence-electron chi connectivity index (χ1n) is 10.1. The summed E-state index contributed by atoms with van der Waals surface area (Å²) in [5, 5.41) is 21.5. The molecule has 4 rings (SSSR count). The van der Waals surface area contributed by atoms with Gasteiger partial charge in [-0.2, -0.15) is 0 Å². The highest BCUT2D eigenvalue weighted by Crippen LogP contribution is 2.45. The van der Waals surface area contributed by atoms with Gasteiger partial charge in [0.2, 0.25) is 0 Å². The number of amides is 1. The third kappa shape index (κ3) is 4.15. The molecular weight excluding hydrogens is 484 g/mol. The average molecular weight is 502 g/mol. The van der Waals surface area contributed by atoms with Crippen LogP contribution in [0.25, 0.3) is 5.76 Å². The van der Waals surface area contributed by atoms with Crippen molar-refractivity contribution in [3.8, 4) is 17.2 Å². The Morgan fingerprint density at radius 3 is 2.31 bits per heavy atom. The van der Waals surface area contributed by atoms with Crippen molar-refractivity contribution in [2.24, 2.45) is 0 Å². The molecule has 2 N–H and O–H groups in total. The van der Waals surface area contributed by atoms with Crippen LogP contribution in [0, 0.1) is 11.6 Å². The molecule has 0 bridgehead atoms. The summed E-state index contributed by atoms with van der Waals surface area (Å²) in [6.45, 7) is 0. The maximum Gasteiger partial charge on any atom is 0.300 e. The number of carbonyl (C=O) groups is 2. The van der Waals surface area contributed by atoms with Crippen LogP contribution in [0.1, 0.15) is 17.2 Å². The van der Waals surface area contributed by atoms with Crippen molar-refractivity contribution in [3.05, 3.63) is 88.0 Å². The fraction of sp³-hybridized carbons (Fsp3) is 0.120. The minimum Gasteiger partial charge on any atom is -0.508 e. The van der Waals surface area contributed by atoms with Gasteiger partial charge < -0.3 is 19.7 Å². The summed E-state index contributed by atoms with van der Waals surface area (Å²) in [7, 11) is 2.67. The molecule has 0 radical (unpaired) electrons. The first kappa shape index (κ1) is 24.0. The van der Waals surface area contributed by atoms with E-state index in [1.165, 1.54) is 50.6 Å². The molecular formula is C25H18ClF2NO6. The molecule has 3 aromatic rings. The van der Waals surface area contributed by atoms with Crippen LogP contribution < -0.4 is 14.4 Å². The van der Waals surface area contributed by atoms with Crippen LogP contribution in [0.3, 0.4) is 0 Å². The van der Waals surface area contributed by atoms with Crippen LogP contribution >= 0.6 is 11.6 Å². The molecule has 1 unspecified atom stereocenters. The van der Waals surface area contributed by atoms with Crippen molar-refractivity contribution in [1.29, 1.82) is 0 Å². The van der Waals surface area contributed by atoms with E-state index in [1.54, 1.807) is 0 Å². The number of halogens is 3. The Kier molecular flexibility index (Phi) is 6.36. The zero-order valence-corrected chi connectivity index (χ0v) is 19.1. The first-order chi connectivity index (χ1) is 16.7. The maximum absolute atomic E-state index is 14.0. The van der Waals surface area contributed by atoms with E-state index in [2.05, 4.69) is 0 Å². The standard InChI is InChI=1S/C25H18ClF2NO6/c1-34-19-11-16(26)20(35-2)10-15(19)23(31)21-22(12-4-3-5-14(30)8-12)29(25(33)24(21)32)13-6-7-17(27)18(28)9-13/h3-11,22,30-31H,1-2H3/b23-21+. The zero-order chi connectivity index (χ0) is 25.4. The van der Waals surface area contributed by atoms with Crippen LogP contribution in [0.4, 0.5) is 14.5 Å². The molecule has 1 amide bonds. The molecule has 0 aliphatic carbocycles. The molecule has 3 aromatic carbocycles. The molecule has 1 atom stereocenters. The number of nitrogens with zero attached hydrogens (tertiary/aromatic N) is 1. The van der Waals surface area contributed by atoms with Gasteiger partial charge in [-0.1, -0.05) is 23.7 Å². The number of hydrogen-bond acceptors (Lipinski definition) is 6. The highest BCUT2D eigenvalue weighted by atomic mass is 35.5. The maximum atomic E-state index is 14.0. The number of Topliss-reactive ketones (excluding diaryl/α,β-unsaturated/α-hetero) is 1. The van der Waals surface area contributed by atoms with E-state index in [0.717, 1.165) is 23.1 Å². The second kappa shape index (κ2) is 9.27. The Labute approximate surface area is 203 Å². The fourth-order valence-corrected chi connectivity index (χ4v) is 4.17. The normalized spacial score (nSPS) is 17.1. The minimum absolute atomic E-state index is 0.00203. The number of carbonyl (C=O) groups excluding carboxylic acids is 2. The number of phenolic OH excluding ortho intramolecular Hbond substituents is 1. The molecule has 10 heteroatoms. The van der Waals surface area contributed by atoms with Crippen LogP contribution in [0.15, 0.2) is 60.2 Å². The van der Waals surface area contributed by atoms with Gasteiger partial charge in [-0.25, -0.2) is 8.78 Å². The van der Waals surface area contributed by atoms with Crippen LogP contribution in [0.5, 0.6) is 17.2 Å². The van der Waals surface area contributed by atoms with Gasteiger partial charge in [0, 0.05) is 17.8 Å². The summed E-state index contributed by atoms with van der Waals surface area (Å²) in [4.78, 5) is 27.3. The van der Waals surface area contributed by atoms with Gasteiger partial charge in [0.1, 0.15) is 23.0 Å². The Morgan fingerprint density at radius 1 is 0.971 bits per heavy atom. The number of aliphatic hydroxyl groups excluding tert-OH is 1. The number of rotatable bonds is 5. The molecule has 1 aliphatic heterocycles. The minimum atomic E-state index is -1.29. The fourth-order valence-electron chi connectivity index (χ4n) is 3.93. The molecule has 1 heterocycles. The highest BCUT2D eigenvalue weighted by molar-refractivity contribution is 6.51. The highest BCUT2D eigenvalue weighted by Gasteiger charge is 2.47. The van der Waals surface area contributed by atoms with Gasteiger partial charge in [0.05, 0.1) is 36.4 Å². The van der Waals surface area contributed by atoms with Gasteiger partial charge in [-0.05, 0) is 35.9 Å². The van der Waals surface area contributed by atoms with E-state index in [-0.39, 0.29) is 44.7 Å². The lowest BCUT2D eigenvalue weighted by molar-refractivity contribution is -0.132. The molecule has 7 nitrogen and oxygen atoms in total. The largest absolute Gasteiger partial charge is 0.508 e. The summed E-state index contributed by atoms with van der Waals surface area (Å²) in [6.07, 6.45) is 0. The molecule has 0 spiro atoms. The van der Waals surface area contributed by atoms with Gasteiger partial charge in [-0.3, -0.25) is 14.5 Å². The topological polar surface area (TPSA) is 96.3 Å². The molecule has 35 heavy (non-hydrogen) atoms. The van der Waals surface area contributed by atoms with Gasteiger partial charge in [0.25, 0.3) is 11.7 Å². The quantitative estimate of drug-likeness (QED) is 0.291. The monoisotopic (exact) mass is 501 g/mol. The van der Waals surface area contributed by atoms with E-state index < -0.39 is 35.1 Å². The van der Waals surface area contributed by atoms with Crippen LogP contribution in [-0.2, 0) is 9.59 Å². The predicted octanol–water partition coefficient (Wildman–Crippen LogP) is 4.97. The van der Waals surface area contributed by atoms with Crippen molar-refractivity contribution in [1.82, 2.24) is 0 Å². The zero-order valence-electron chi connectivity index (χ0n) is 18.4. The van der Waals surface area contributed by atoms with Gasteiger partial charge >= 0.3 is 0 Å². The third-order valence-corrected chi connectivity index (χ3v) is 5.84. The van der Waals surface area contributed by atoms with E-state index in [9.17, 15) is 28.6 Å². The Morgan fingerprint density at radius 2 is 1.69 bits per heavy atom. The molecule has 0 saturated carbocycles. The number of methoxy groups -OCH3 is 2. The summed E-state index contributed by atoms with van der Waals surface area (Å²) in [5.74, 6) is -5.10. The first-order valence-corrected chi connectivity index (χ1v) is 10.5. The number of phenols is 1. The van der Waals surface area contributed by atoms with E-state index in [1.807, 2.05) is 0 Å². The predicted molar refractivity (Wildman–Crippen MR) is 124 cm³/mol. The Hall–Kier alpha value is -4.11. The summed E-state index contributed by atoms with van der Waals surface area (Å²) in [5.41, 5.74) is -0.260. The SMILES string of the molecule is COc1cc(/C(O)=C2\C(=O)C(=O)N(c3ccc(F)c(F)c3)C2c2cccc(O)c2)c(OC)cc1Cl. The number of anilines is 1. The Bertz CT molecular complexity index is 1390. The van der Waals surface area contributed by atoms with Crippen molar-refractivity contribution < 1.29 is 38.1 Å². The Balaban J connectivity index is 2.01. The molecule has 180 valence electrons. The van der Waals surface area contributed by atoms with Gasteiger partial charge in [-0.15, -0.1) is 0 Å². The molecule has 1 fully saturated rings. The van der Waals surface area contributed by atoms with E-state index in [0.29, 0.717) is 0 Å². The van der Waals surface area contributed by atoms with Crippen LogP contribution in [0.2, 0.25) is 5.02 Å². The lowest BCUT2D eigenvalue weighted by Gasteiger charge is -2.25. The van der Waals surface area contributed by atoms with Crippen molar-refractivity contribution in [2.75, 3.05) is 19.1 Å². The lowest BCUT2D eigenvalue weighted by atomic mass is 9.94. The second-order valence-corrected chi connectivity index (χ2v) is 7.96. The molecule has 1 saturated heterocycles. The average Bonchev–Trinajstić information content (AvgIpc) is 3.10. The number of hydrogen-bond donors (Lipinski definition) is 2. The number of ether oxygens (including phenoxy) is 2. The van der Waals surface area contributed by atoms with Crippen LogP contribution in [-0.4, -0.2) is 36.1 Å². The smallest absolute Gasteiger partial charge is 0.300 e. The summed E-state index contributed by atoms with van der Waals surface area (Å²) in [6, 6.07) is 9.77. The second-order valence-electron chi connectivity index (χ2n) is 7.55. The number of aromatic hydroxyl groups is 1. The molecule has 0 aromatic heterocycles. The van der Waals surface area contributed by atoms with E-state index >= 15 is 0 Å². The summed E-state index contributed by atoms with van der Waals surface area (Å²) >= 11 is 6.14. The number of ketones is 1. The van der Waals surface area contributed by atoms with E-state index in [4.69, 9.17) is 21.1 Å². The summed E-state index contributed by atoms with van der Waals surface area (Å²) < 4.78 is 38.1. The number of benzene rings is 3. The third-order valence-electron chi connectivity index (χ3n) is 5.54. The van der Waals surface area contributed by atoms with Crippen molar-refractivity contribution in [3.63, 3.8) is 0 Å². The molecule has 1 aliphatic rings. The van der Waals surface area contributed by atoms with Crippen molar-refractivity contribution >= 4 is 34.7 Å². The van der Waals surface area contributed by atoms with Crippen molar-refractivity contribution in [2.45, 2.75) is 6.04 Å². The van der Waals surface area contributed by atoms with Gasteiger partial charge in [0.15, 0.2) is 11.6 Å². The number of aliphatic hydroxyl groups is 1.